The average molecular weight is 220 g/mol. The van der Waals surface area contributed by atoms with Crippen molar-refractivity contribution < 1.29 is 9.53 Å². The Morgan fingerprint density at radius 2 is 2.44 bits per heavy atom. The molecule has 1 aromatic rings. The maximum Gasteiger partial charge on any atom is 0.255 e. The van der Waals surface area contributed by atoms with Crippen molar-refractivity contribution in [1.82, 2.24) is 0 Å². The Balaban J connectivity index is 2.21. The van der Waals surface area contributed by atoms with Gasteiger partial charge in [-0.25, -0.2) is 0 Å². The number of aryl methyl sites for hydroxylation is 1. The van der Waals surface area contributed by atoms with Crippen LogP contribution in [0.3, 0.4) is 0 Å². The second-order valence-electron chi connectivity index (χ2n) is 4.13. The fraction of sp³-hybridized carbons (Fsp3) is 0.417. The van der Waals surface area contributed by atoms with Crippen molar-refractivity contribution in [1.29, 1.82) is 0 Å². The van der Waals surface area contributed by atoms with Crippen molar-refractivity contribution in [3.8, 4) is 5.75 Å². The van der Waals surface area contributed by atoms with Gasteiger partial charge in [-0.2, -0.15) is 0 Å². The fourth-order valence-electron chi connectivity index (χ4n) is 1.91. The molecule has 1 heterocycles. The number of nitrogens with two attached hydrogens (primary N) is 1. The van der Waals surface area contributed by atoms with Crippen LogP contribution < -0.4 is 15.8 Å². The summed E-state index contributed by atoms with van der Waals surface area (Å²) in [6, 6.07) is 6.30. The molecule has 0 radical (unpaired) electrons. The Morgan fingerprint density at radius 1 is 1.62 bits per heavy atom. The van der Waals surface area contributed by atoms with Gasteiger partial charge in [-0.1, -0.05) is 12.1 Å². The highest BCUT2D eigenvalue weighted by atomic mass is 16.5. The first kappa shape index (κ1) is 10.8. The number of hydrogen-bond acceptors (Lipinski definition) is 3. The van der Waals surface area contributed by atoms with Crippen LogP contribution >= 0.6 is 0 Å². The van der Waals surface area contributed by atoms with Gasteiger partial charge in [0, 0.05) is 6.04 Å². The summed E-state index contributed by atoms with van der Waals surface area (Å²) in [7, 11) is 0. The van der Waals surface area contributed by atoms with Gasteiger partial charge in [-0.3, -0.25) is 4.79 Å². The molecule has 3 N–H and O–H groups in total. The van der Waals surface area contributed by atoms with E-state index in [0.717, 1.165) is 18.5 Å². The first-order valence-electron chi connectivity index (χ1n) is 5.46. The van der Waals surface area contributed by atoms with Crippen molar-refractivity contribution >= 4 is 11.6 Å². The third kappa shape index (κ3) is 2.27. The number of fused-ring (bicyclic) bond motifs is 1. The number of amides is 1. The molecule has 0 saturated carbocycles. The van der Waals surface area contributed by atoms with E-state index >= 15 is 0 Å². The lowest BCUT2D eigenvalue weighted by atomic mass is 9.98. The molecule has 86 valence electrons. The van der Waals surface area contributed by atoms with Gasteiger partial charge in [0.25, 0.3) is 5.91 Å². The highest BCUT2D eigenvalue weighted by molar-refractivity contribution is 5.76. The van der Waals surface area contributed by atoms with E-state index in [1.807, 2.05) is 12.1 Å². The summed E-state index contributed by atoms with van der Waals surface area (Å²) in [5.74, 6) is 0.254. The molecule has 4 nitrogen and oxygen atoms in total. The number of para-hydroxylation sites is 1. The SMILES string of the molecule is CC1CCc2cccc(OCC(N)=O)c2N1. The molecule has 1 aliphatic heterocycles. The Bertz CT molecular complexity index is 404. The smallest absolute Gasteiger partial charge is 0.255 e. The first-order valence-corrected chi connectivity index (χ1v) is 5.46. The molecular formula is C12H16N2O2. The zero-order valence-electron chi connectivity index (χ0n) is 9.32. The van der Waals surface area contributed by atoms with E-state index < -0.39 is 5.91 Å². The van der Waals surface area contributed by atoms with Gasteiger partial charge in [0.1, 0.15) is 5.75 Å². The number of rotatable bonds is 3. The molecule has 4 heteroatoms. The third-order valence-corrected chi connectivity index (χ3v) is 2.72. The molecule has 1 aromatic carbocycles. The topological polar surface area (TPSA) is 64.3 Å². The standard InChI is InChI=1S/C12H16N2O2/c1-8-5-6-9-3-2-4-10(12(9)14-8)16-7-11(13)15/h2-4,8,14H,5-7H2,1H3,(H2,13,15). The number of anilines is 1. The Morgan fingerprint density at radius 3 is 3.19 bits per heavy atom. The van der Waals surface area contributed by atoms with Crippen LogP contribution in [-0.4, -0.2) is 18.6 Å². The van der Waals surface area contributed by atoms with Crippen LogP contribution in [0.15, 0.2) is 18.2 Å². The van der Waals surface area contributed by atoms with Crippen molar-refractivity contribution in [3.05, 3.63) is 23.8 Å². The minimum Gasteiger partial charge on any atom is -0.482 e. The van der Waals surface area contributed by atoms with E-state index in [1.165, 1.54) is 5.56 Å². The van der Waals surface area contributed by atoms with E-state index in [2.05, 4.69) is 18.3 Å². The van der Waals surface area contributed by atoms with Crippen LogP contribution in [0.2, 0.25) is 0 Å². The quantitative estimate of drug-likeness (QED) is 0.807. The lowest BCUT2D eigenvalue weighted by molar-refractivity contribution is -0.119. The van der Waals surface area contributed by atoms with Gasteiger partial charge in [0.2, 0.25) is 0 Å². The molecule has 1 unspecified atom stereocenters. The number of primary amides is 1. The Labute approximate surface area is 94.8 Å². The normalized spacial score (nSPS) is 18.4. The minimum atomic E-state index is -0.457. The summed E-state index contributed by atoms with van der Waals surface area (Å²) >= 11 is 0. The number of hydrogen-bond donors (Lipinski definition) is 2. The van der Waals surface area contributed by atoms with Gasteiger partial charge in [0.05, 0.1) is 5.69 Å². The minimum absolute atomic E-state index is 0.0769. The monoisotopic (exact) mass is 220 g/mol. The summed E-state index contributed by atoms with van der Waals surface area (Å²) in [6.45, 7) is 2.06. The molecule has 0 spiro atoms. The van der Waals surface area contributed by atoms with Crippen LogP contribution in [0.4, 0.5) is 5.69 Å². The van der Waals surface area contributed by atoms with E-state index in [9.17, 15) is 4.79 Å². The number of benzene rings is 1. The van der Waals surface area contributed by atoms with Crippen molar-refractivity contribution in [2.45, 2.75) is 25.8 Å². The fourth-order valence-corrected chi connectivity index (χ4v) is 1.91. The number of carbonyl (C=O) groups excluding carboxylic acids is 1. The summed E-state index contributed by atoms with van der Waals surface area (Å²) in [6.07, 6.45) is 2.16. The van der Waals surface area contributed by atoms with Crippen molar-refractivity contribution in [2.75, 3.05) is 11.9 Å². The molecule has 1 atom stereocenters. The largest absolute Gasteiger partial charge is 0.482 e. The van der Waals surface area contributed by atoms with E-state index in [1.54, 1.807) is 0 Å². The predicted molar refractivity (Wildman–Crippen MR) is 62.5 cm³/mol. The highest BCUT2D eigenvalue weighted by Gasteiger charge is 2.17. The zero-order chi connectivity index (χ0) is 11.5. The van der Waals surface area contributed by atoms with Gasteiger partial charge < -0.3 is 15.8 Å². The van der Waals surface area contributed by atoms with Crippen LogP contribution in [0.5, 0.6) is 5.75 Å². The Hall–Kier alpha value is -1.71. The molecule has 16 heavy (non-hydrogen) atoms. The second kappa shape index (κ2) is 4.43. The molecule has 1 amide bonds. The van der Waals surface area contributed by atoms with Gasteiger partial charge in [-0.05, 0) is 31.4 Å². The highest BCUT2D eigenvalue weighted by Crippen LogP contribution is 2.33. The molecular weight excluding hydrogens is 204 g/mol. The summed E-state index contributed by atoms with van der Waals surface area (Å²) in [5, 5.41) is 3.38. The van der Waals surface area contributed by atoms with E-state index in [0.29, 0.717) is 11.8 Å². The molecule has 0 saturated heterocycles. The summed E-state index contributed by atoms with van der Waals surface area (Å²) in [4.78, 5) is 10.7. The maximum absolute atomic E-state index is 10.7. The van der Waals surface area contributed by atoms with Crippen molar-refractivity contribution in [2.24, 2.45) is 5.73 Å². The maximum atomic E-state index is 10.7. The van der Waals surface area contributed by atoms with Crippen LogP contribution in [-0.2, 0) is 11.2 Å². The predicted octanol–water partition coefficient (Wildman–Crippen LogP) is 1.30. The lowest BCUT2D eigenvalue weighted by Gasteiger charge is -2.26. The van der Waals surface area contributed by atoms with Gasteiger partial charge in [-0.15, -0.1) is 0 Å². The summed E-state index contributed by atoms with van der Waals surface area (Å²) < 4.78 is 5.38. The Kier molecular flexibility index (Phi) is 2.99. The molecule has 1 aliphatic rings. The average Bonchev–Trinajstić information content (AvgIpc) is 2.26. The number of nitrogens with one attached hydrogen (secondary N) is 1. The third-order valence-electron chi connectivity index (χ3n) is 2.72. The summed E-state index contributed by atoms with van der Waals surface area (Å²) in [5.41, 5.74) is 7.30. The first-order chi connectivity index (χ1) is 7.66. The molecule has 2 rings (SSSR count). The van der Waals surface area contributed by atoms with Crippen LogP contribution in [0.25, 0.3) is 0 Å². The number of carbonyl (C=O) groups is 1. The molecule has 0 aromatic heterocycles. The lowest BCUT2D eigenvalue weighted by Crippen LogP contribution is -2.24. The van der Waals surface area contributed by atoms with E-state index in [4.69, 9.17) is 10.5 Å². The van der Waals surface area contributed by atoms with Crippen molar-refractivity contribution in [3.63, 3.8) is 0 Å². The second-order valence-corrected chi connectivity index (χ2v) is 4.13. The van der Waals surface area contributed by atoms with Crippen LogP contribution in [0, 0.1) is 0 Å². The zero-order valence-corrected chi connectivity index (χ0v) is 9.32. The molecule has 0 fully saturated rings. The molecule has 0 aliphatic carbocycles. The van der Waals surface area contributed by atoms with Gasteiger partial charge in [0.15, 0.2) is 6.61 Å². The van der Waals surface area contributed by atoms with Gasteiger partial charge >= 0.3 is 0 Å². The number of ether oxygens (including phenoxy) is 1. The van der Waals surface area contributed by atoms with E-state index in [-0.39, 0.29) is 6.61 Å². The van der Waals surface area contributed by atoms with Crippen LogP contribution in [0.1, 0.15) is 18.9 Å². The molecule has 0 bridgehead atoms.